The summed E-state index contributed by atoms with van der Waals surface area (Å²) >= 11 is 6.24. The minimum atomic E-state index is -0.481. The van der Waals surface area contributed by atoms with Crippen molar-refractivity contribution in [3.8, 4) is 22.9 Å². The molecule has 3 aromatic rings. The molecule has 2 aliphatic rings. The van der Waals surface area contributed by atoms with Crippen LogP contribution in [0.25, 0.3) is 11.4 Å². The van der Waals surface area contributed by atoms with Crippen LogP contribution in [-0.4, -0.2) is 70.3 Å². The number of methoxy groups -OCH3 is 2. The Balaban J connectivity index is 1.25. The van der Waals surface area contributed by atoms with Crippen LogP contribution in [0.5, 0.6) is 11.5 Å². The molecular formula is C24H25ClN6O4. The number of hydrogen-bond acceptors (Lipinski definition) is 8. The Bertz CT molecular complexity index is 1260. The molecule has 2 fully saturated rings. The van der Waals surface area contributed by atoms with Gasteiger partial charge < -0.3 is 9.47 Å². The van der Waals surface area contributed by atoms with Gasteiger partial charge >= 0.3 is 0 Å². The van der Waals surface area contributed by atoms with Gasteiger partial charge in [-0.25, -0.2) is 4.90 Å². The number of imide groups is 1. The van der Waals surface area contributed by atoms with E-state index in [1.165, 1.54) is 4.90 Å². The molecule has 3 heterocycles. The first-order valence-corrected chi connectivity index (χ1v) is 11.7. The van der Waals surface area contributed by atoms with Crippen molar-refractivity contribution in [2.24, 2.45) is 0 Å². The predicted molar refractivity (Wildman–Crippen MR) is 129 cm³/mol. The van der Waals surface area contributed by atoms with Crippen LogP contribution in [0.4, 0.5) is 5.69 Å². The van der Waals surface area contributed by atoms with Crippen LogP contribution in [0.2, 0.25) is 5.02 Å². The molecule has 11 heteroatoms. The first-order valence-electron chi connectivity index (χ1n) is 11.4. The van der Waals surface area contributed by atoms with Gasteiger partial charge in [0.15, 0.2) is 11.5 Å². The lowest BCUT2D eigenvalue weighted by molar-refractivity contribution is -0.123. The lowest BCUT2D eigenvalue weighted by Gasteiger charge is -2.34. The molecule has 0 N–H and O–H groups in total. The largest absolute Gasteiger partial charge is 0.493 e. The number of para-hydroxylation sites is 1. The van der Waals surface area contributed by atoms with Gasteiger partial charge in [-0.2, -0.15) is 4.80 Å². The molecule has 2 amide bonds. The van der Waals surface area contributed by atoms with Gasteiger partial charge in [0, 0.05) is 18.7 Å². The number of carbonyl (C=O) groups is 2. The summed E-state index contributed by atoms with van der Waals surface area (Å²) in [6.07, 6.45) is 1.64. The molecule has 0 spiro atoms. The van der Waals surface area contributed by atoms with Gasteiger partial charge in [0.1, 0.15) is 0 Å². The molecule has 5 rings (SSSR count). The normalized spacial score (nSPS) is 19.4. The summed E-state index contributed by atoms with van der Waals surface area (Å²) in [4.78, 5) is 30.7. The minimum absolute atomic E-state index is 0.0551. The fourth-order valence-electron chi connectivity index (χ4n) is 4.69. The molecule has 0 saturated carbocycles. The lowest BCUT2D eigenvalue weighted by Crippen LogP contribution is -2.46. The maximum Gasteiger partial charge on any atom is 0.251 e. The Morgan fingerprint density at radius 2 is 1.74 bits per heavy atom. The van der Waals surface area contributed by atoms with Crippen molar-refractivity contribution in [2.75, 3.05) is 32.2 Å². The molecule has 0 aliphatic carbocycles. The van der Waals surface area contributed by atoms with Crippen LogP contribution in [-0.2, 0) is 9.59 Å². The maximum atomic E-state index is 13.1. The van der Waals surface area contributed by atoms with Gasteiger partial charge in [0.05, 0.1) is 43.4 Å². The van der Waals surface area contributed by atoms with E-state index in [0.717, 1.165) is 18.4 Å². The first-order chi connectivity index (χ1) is 17.0. The number of piperidine rings is 1. The molecule has 35 heavy (non-hydrogen) atoms. The van der Waals surface area contributed by atoms with Crippen molar-refractivity contribution in [2.45, 2.75) is 31.3 Å². The highest BCUT2D eigenvalue weighted by Crippen LogP contribution is 2.34. The number of benzene rings is 2. The third-order valence-electron chi connectivity index (χ3n) is 6.55. The molecule has 10 nitrogen and oxygen atoms in total. The van der Waals surface area contributed by atoms with E-state index in [2.05, 4.69) is 20.3 Å². The SMILES string of the molecule is COc1ccc(-c2nnn(C3CCN([C@@H]4CC(=O)N(c5ccccc5Cl)C4=O)CC3)n2)cc1OC. The van der Waals surface area contributed by atoms with Gasteiger partial charge in [-0.1, -0.05) is 23.7 Å². The second-order valence-corrected chi connectivity index (χ2v) is 8.92. The topological polar surface area (TPSA) is 103 Å². The molecule has 2 saturated heterocycles. The highest BCUT2D eigenvalue weighted by Gasteiger charge is 2.44. The summed E-state index contributed by atoms with van der Waals surface area (Å²) in [6.45, 7) is 1.30. The van der Waals surface area contributed by atoms with Crippen LogP contribution in [0.1, 0.15) is 25.3 Å². The molecule has 2 aromatic carbocycles. The first kappa shape index (κ1) is 23.3. The van der Waals surface area contributed by atoms with Crippen molar-refractivity contribution >= 4 is 29.1 Å². The fourth-order valence-corrected chi connectivity index (χ4v) is 4.91. The number of likely N-dealkylation sites (tertiary alicyclic amines) is 1. The van der Waals surface area contributed by atoms with Gasteiger partial charge in [-0.3, -0.25) is 14.5 Å². The summed E-state index contributed by atoms with van der Waals surface area (Å²) in [6, 6.07) is 12.0. The second-order valence-electron chi connectivity index (χ2n) is 8.51. The number of rotatable bonds is 6. The average Bonchev–Trinajstić information content (AvgIpc) is 3.49. The van der Waals surface area contributed by atoms with Gasteiger partial charge in [0.25, 0.3) is 5.91 Å². The second kappa shape index (κ2) is 9.63. The summed E-state index contributed by atoms with van der Waals surface area (Å²) in [5.41, 5.74) is 1.22. The van der Waals surface area contributed by atoms with Crippen LogP contribution in [0.15, 0.2) is 42.5 Å². The lowest BCUT2D eigenvalue weighted by atomic mass is 10.0. The summed E-state index contributed by atoms with van der Waals surface area (Å²) < 4.78 is 10.7. The number of amides is 2. The van der Waals surface area contributed by atoms with Crippen molar-refractivity contribution < 1.29 is 19.1 Å². The summed E-state index contributed by atoms with van der Waals surface area (Å²) in [7, 11) is 3.16. The molecular weight excluding hydrogens is 472 g/mol. The van der Waals surface area contributed by atoms with Crippen molar-refractivity contribution in [1.29, 1.82) is 0 Å². The number of aromatic nitrogens is 4. The maximum absolute atomic E-state index is 13.1. The van der Waals surface area contributed by atoms with Crippen molar-refractivity contribution in [3.05, 3.63) is 47.5 Å². The molecule has 0 bridgehead atoms. The molecule has 0 unspecified atom stereocenters. The highest BCUT2D eigenvalue weighted by molar-refractivity contribution is 6.36. The number of anilines is 1. The van der Waals surface area contributed by atoms with Crippen LogP contribution < -0.4 is 14.4 Å². The Labute approximate surface area is 207 Å². The number of hydrogen-bond donors (Lipinski definition) is 0. The Morgan fingerprint density at radius 3 is 2.46 bits per heavy atom. The highest BCUT2D eigenvalue weighted by atomic mass is 35.5. The van der Waals surface area contributed by atoms with E-state index in [1.807, 2.05) is 12.1 Å². The predicted octanol–water partition coefficient (Wildman–Crippen LogP) is 2.98. The van der Waals surface area contributed by atoms with E-state index >= 15 is 0 Å². The third-order valence-corrected chi connectivity index (χ3v) is 6.87. The van der Waals surface area contributed by atoms with E-state index in [-0.39, 0.29) is 24.3 Å². The van der Waals surface area contributed by atoms with Crippen LogP contribution >= 0.6 is 11.6 Å². The van der Waals surface area contributed by atoms with Crippen LogP contribution in [0, 0.1) is 0 Å². The van der Waals surface area contributed by atoms with Crippen molar-refractivity contribution in [3.63, 3.8) is 0 Å². The zero-order chi connectivity index (χ0) is 24.5. The molecule has 2 aliphatic heterocycles. The minimum Gasteiger partial charge on any atom is -0.493 e. The van der Waals surface area contributed by atoms with Gasteiger partial charge in [-0.05, 0) is 48.4 Å². The van der Waals surface area contributed by atoms with E-state index in [4.69, 9.17) is 21.1 Å². The van der Waals surface area contributed by atoms with E-state index in [9.17, 15) is 9.59 Å². The van der Waals surface area contributed by atoms with E-state index in [1.54, 1.807) is 49.3 Å². The molecule has 182 valence electrons. The third kappa shape index (κ3) is 4.35. The monoisotopic (exact) mass is 496 g/mol. The van der Waals surface area contributed by atoms with Gasteiger partial charge in [0.2, 0.25) is 11.7 Å². The number of halogens is 1. The quantitative estimate of drug-likeness (QED) is 0.480. The van der Waals surface area contributed by atoms with E-state index < -0.39 is 6.04 Å². The Hall–Kier alpha value is -3.50. The number of nitrogens with zero attached hydrogens (tertiary/aromatic N) is 6. The van der Waals surface area contributed by atoms with Crippen LogP contribution in [0.3, 0.4) is 0 Å². The number of ether oxygens (including phenoxy) is 2. The van der Waals surface area contributed by atoms with Crippen molar-refractivity contribution in [1.82, 2.24) is 25.1 Å². The van der Waals surface area contributed by atoms with Gasteiger partial charge in [-0.15, -0.1) is 10.2 Å². The Kier molecular flexibility index (Phi) is 6.40. The molecule has 1 aromatic heterocycles. The zero-order valence-corrected chi connectivity index (χ0v) is 20.2. The van der Waals surface area contributed by atoms with E-state index in [0.29, 0.717) is 41.1 Å². The fraction of sp³-hybridized carbons (Fsp3) is 0.375. The average molecular weight is 497 g/mol. The zero-order valence-electron chi connectivity index (χ0n) is 19.4. The number of tetrazole rings is 1. The summed E-state index contributed by atoms with van der Waals surface area (Å²) in [5, 5.41) is 13.4. The molecule has 1 atom stereocenters. The smallest absolute Gasteiger partial charge is 0.251 e. The summed E-state index contributed by atoms with van der Waals surface area (Å²) in [5.74, 6) is 1.27. The number of carbonyl (C=O) groups excluding carboxylic acids is 2. The Morgan fingerprint density at radius 1 is 1.00 bits per heavy atom. The standard InChI is InChI=1S/C24H25ClN6O4/c1-34-20-8-7-15(13-21(20)35-2)23-26-28-31(27-23)16-9-11-29(12-10-16)19-14-22(32)30(24(19)33)18-6-4-3-5-17(18)25/h3-8,13,16,19H,9-12,14H2,1-2H3/t19-/m1/s1. The molecule has 0 radical (unpaired) electrons.